The second-order valence-electron chi connectivity index (χ2n) is 4.42. The van der Waals surface area contributed by atoms with Gasteiger partial charge in [0.1, 0.15) is 5.60 Å². The first-order valence-corrected chi connectivity index (χ1v) is 6.25. The summed E-state index contributed by atoms with van der Waals surface area (Å²) in [7, 11) is 0. The molecule has 1 heterocycles. The van der Waals surface area contributed by atoms with E-state index in [0.29, 0.717) is 17.3 Å². The van der Waals surface area contributed by atoms with E-state index < -0.39 is 5.60 Å². The molecule has 94 valence electrons. The highest BCUT2D eigenvalue weighted by atomic mass is 32.2. The number of hydrogen-bond donors (Lipinski definition) is 1. The summed E-state index contributed by atoms with van der Waals surface area (Å²) < 4.78 is 5.15. The largest absolute Gasteiger partial charge is 0.460 e. The minimum absolute atomic E-state index is 0.195. The number of nitrogens with one attached hydrogen (secondary N) is 1. The zero-order valence-electron chi connectivity index (χ0n) is 10.1. The van der Waals surface area contributed by atoms with Gasteiger partial charge in [0.05, 0.1) is 6.42 Å². The molecule has 0 amide bonds. The average Bonchev–Trinajstić information content (AvgIpc) is 2.14. The van der Waals surface area contributed by atoms with Crippen LogP contribution < -0.4 is 5.56 Å². The van der Waals surface area contributed by atoms with Crippen LogP contribution in [0.5, 0.6) is 0 Å². The van der Waals surface area contributed by atoms with Crippen LogP contribution in [0.25, 0.3) is 0 Å². The Morgan fingerprint density at radius 3 is 2.82 bits per heavy atom. The van der Waals surface area contributed by atoms with Gasteiger partial charge in [0.25, 0.3) is 5.56 Å². The van der Waals surface area contributed by atoms with Crippen molar-refractivity contribution in [1.82, 2.24) is 9.97 Å². The lowest BCUT2D eigenvalue weighted by Crippen LogP contribution is -2.24. The second-order valence-corrected chi connectivity index (χ2v) is 5.51. The third-order valence-corrected chi connectivity index (χ3v) is 2.50. The van der Waals surface area contributed by atoms with Gasteiger partial charge in [0.15, 0.2) is 5.16 Å². The van der Waals surface area contributed by atoms with Crippen molar-refractivity contribution in [3.05, 3.63) is 22.6 Å². The quantitative estimate of drug-likeness (QED) is 0.503. The van der Waals surface area contributed by atoms with Gasteiger partial charge in [-0.3, -0.25) is 9.59 Å². The fourth-order valence-electron chi connectivity index (χ4n) is 1.05. The number of hydrogen-bond acceptors (Lipinski definition) is 5. The average molecular weight is 256 g/mol. The molecule has 0 saturated heterocycles. The summed E-state index contributed by atoms with van der Waals surface area (Å²) in [5.41, 5.74) is -0.652. The van der Waals surface area contributed by atoms with E-state index in [2.05, 4.69) is 9.97 Å². The third-order valence-electron chi connectivity index (χ3n) is 1.61. The summed E-state index contributed by atoms with van der Waals surface area (Å²) in [5, 5.41) is 0.515. The standard InChI is InChI=1S/C11H16N2O3S/c1-11(2,3)16-9(15)5-7-17-10-12-6-4-8(14)13-10/h4,6H,5,7H2,1-3H3,(H,12,13,14). The Kier molecular flexibility index (Phi) is 4.74. The number of rotatable bonds is 4. The van der Waals surface area contributed by atoms with Gasteiger partial charge in [0.2, 0.25) is 0 Å². The van der Waals surface area contributed by atoms with Crippen molar-refractivity contribution in [3.8, 4) is 0 Å². The normalized spacial score (nSPS) is 11.2. The molecule has 1 rings (SSSR count). The zero-order valence-corrected chi connectivity index (χ0v) is 11.0. The molecule has 5 nitrogen and oxygen atoms in total. The molecule has 0 unspecified atom stereocenters. The molecular weight excluding hydrogens is 240 g/mol. The van der Waals surface area contributed by atoms with E-state index in [1.54, 1.807) is 0 Å². The Morgan fingerprint density at radius 1 is 1.53 bits per heavy atom. The number of thioether (sulfide) groups is 1. The second kappa shape index (κ2) is 5.86. The van der Waals surface area contributed by atoms with E-state index in [1.165, 1.54) is 24.0 Å². The lowest BCUT2D eigenvalue weighted by atomic mass is 10.2. The predicted octanol–water partition coefficient (Wildman–Crippen LogP) is 1.59. The van der Waals surface area contributed by atoms with Crippen LogP contribution in [-0.4, -0.2) is 27.3 Å². The van der Waals surface area contributed by atoms with Crippen molar-refractivity contribution < 1.29 is 9.53 Å². The van der Waals surface area contributed by atoms with E-state index in [0.717, 1.165) is 0 Å². The van der Waals surface area contributed by atoms with Crippen molar-refractivity contribution in [2.75, 3.05) is 5.75 Å². The van der Waals surface area contributed by atoms with E-state index >= 15 is 0 Å². The van der Waals surface area contributed by atoms with Gasteiger partial charge in [0, 0.05) is 18.0 Å². The van der Waals surface area contributed by atoms with Crippen LogP contribution in [0.2, 0.25) is 0 Å². The number of aromatic amines is 1. The molecule has 0 saturated carbocycles. The van der Waals surface area contributed by atoms with Gasteiger partial charge < -0.3 is 9.72 Å². The van der Waals surface area contributed by atoms with E-state index in [1.807, 2.05) is 20.8 Å². The van der Waals surface area contributed by atoms with Crippen LogP contribution in [0.4, 0.5) is 0 Å². The highest BCUT2D eigenvalue weighted by Crippen LogP contribution is 2.14. The van der Waals surface area contributed by atoms with Crippen LogP contribution in [0.1, 0.15) is 27.2 Å². The Morgan fingerprint density at radius 2 is 2.24 bits per heavy atom. The minimum atomic E-state index is -0.457. The molecule has 6 heteroatoms. The lowest BCUT2D eigenvalue weighted by molar-refractivity contribution is -0.154. The third kappa shape index (κ3) is 6.11. The van der Waals surface area contributed by atoms with Crippen LogP contribution >= 0.6 is 11.8 Å². The molecule has 0 aliphatic rings. The van der Waals surface area contributed by atoms with Crippen molar-refractivity contribution in [2.24, 2.45) is 0 Å². The maximum atomic E-state index is 11.4. The molecule has 1 aromatic heterocycles. The molecule has 0 radical (unpaired) electrons. The minimum Gasteiger partial charge on any atom is -0.460 e. The molecule has 0 atom stereocenters. The molecule has 0 bridgehead atoms. The van der Waals surface area contributed by atoms with Gasteiger partial charge >= 0.3 is 5.97 Å². The number of H-pyrrole nitrogens is 1. The molecule has 0 aromatic carbocycles. The molecular formula is C11H16N2O3S. The molecule has 0 fully saturated rings. The maximum Gasteiger partial charge on any atom is 0.307 e. The van der Waals surface area contributed by atoms with Gasteiger partial charge in [-0.25, -0.2) is 4.98 Å². The number of esters is 1. The number of aromatic nitrogens is 2. The van der Waals surface area contributed by atoms with Crippen molar-refractivity contribution in [1.29, 1.82) is 0 Å². The van der Waals surface area contributed by atoms with Crippen LogP contribution in [-0.2, 0) is 9.53 Å². The summed E-state index contributed by atoms with van der Waals surface area (Å²) in [5.74, 6) is 0.283. The molecule has 0 aliphatic heterocycles. The number of nitrogens with zero attached hydrogens (tertiary/aromatic N) is 1. The zero-order chi connectivity index (χ0) is 12.9. The summed E-state index contributed by atoms with van der Waals surface area (Å²) in [4.78, 5) is 28.9. The first-order chi connectivity index (χ1) is 7.87. The SMILES string of the molecule is CC(C)(C)OC(=O)CCSc1nccc(=O)[nH]1. The summed E-state index contributed by atoms with van der Waals surface area (Å²) in [6.07, 6.45) is 1.73. The van der Waals surface area contributed by atoms with Crippen molar-refractivity contribution in [2.45, 2.75) is 37.9 Å². The maximum absolute atomic E-state index is 11.4. The Balaban J connectivity index is 2.33. The van der Waals surface area contributed by atoms with Crippen molar-refractivity contribution in [3.63, 3.8) is 0 Å². The van der Waals surface area contributed by atoms with Gasteiger partial charge in [-0.2, -0.15) is 0 Å². The highest BCUT2D eigenvalue weighted by Gasteiger charge is 2.15. The van der Waals surface area contributed by atoms with Crippen molar-refractivity contribution >= 4 is 17.7 Å². The number of carbonyl (C=O) groups is 1. The Hall–Kier alpha value is -1.30. The topological polar surface area (TPSA) is 72.0 Å². The predicted molar refractivity (Wildman–Crippen MR) is 66.0 cm³/mol. The lowest BCUT2D eigenvalue weighted by Gasteiger charge is -2.19. The molecule has 1 N–H and O–H groups in total. The fourth-order valence-corrected chi connectivity index (χ4v) is 1.82. The first-order valence-electron chi connectivity index (χ1n) is 5.27. The van der Waals surface area contributed by atoms with E-state index in [9.17, 15) is 9.59 Å². The highest BCUT2D eigenvalue weighted by molar-refractivity contribution is 7.99. The van der Waals surface area contributed by atoms with Crippen LogP contribution in [0.3, 0.4) is 0 Å². The molecule has 0 aliphatic carbocycles. The molecule has 17 heavy (non-hydrogen) atoms. The van der Waals surface area contributed by atoms with Crippen LogP contribution in [0, 0.1) is 0 Å². The molecule has 0 spiro atoms. The molecule has 1 aromatic rings. The van der Waals surface area contributed by atoms with Gasteiger partial charge in [-0.05, 0) is 20.8 Å². The van der Waals surface area contributed by atoms with E-state index in [4.69, 9.17) is 4.74 Å². The monoisotopic (exact) mass is 256 g/mol. The Labute approximate surface area is 104 Å². The van der Waals surface area contributed by atoms with Crippen LogP contribution in [0.15, 0.2) is 22.2 Å². The summed E-state index contributed by atoms with van der Waals surface area (Å²) >= 11 is 1.32. The van der Waals surface area contributed by atoms with Gasteiger partial charge in [-0.15, -0.1) is 0 Å². The first kappa shape index (κ1) is 13.8. The summed E-state index contributed by atoms with van der Waals surface area (Å²) in [6, 6.07) is 1.35. The Bertz CT molecular complexity index is 437. The van der Waals surface area contributed by atoms with Gasteiger partial charge in [-0.1, -0.05) is 11.8 Å². The number of carbonyl (C=O) groups excluding carboxylic acids is 1. The van der Waals surface area contributed by atoms with E-state index in [-0.39, 0.29) is 11.5 Å². The number of ether oxygens (including phenoxy) is 1. The smallest absolute Gasteiger partial charge is 0.307 e. The summed E-state index contributed by atoms with van der Waals surface area (Å²) in [6.45, 7) is 5.48. The fraction of sp³-hybridized carbons (Fsp3) is 0.545.